The standard InChI is InChI=1S/C16H10O4.2Na/c17-15(18)12-6-5-11-7-9-3-1-2-4-10(9)8-13(11)14(12)16(19)20;;/h1-8H,(H,17,18)(H,19,20);;/q;2*+1/p-2. The predicted molar refractivity (Wildman–Crippen MR) is 70.1 cm³/mol. The molecule has 0 amide bonds. The normalized spacial score (nSPS) is 9.82. The minimum Gasteiger partial charge on any atom is -0.545 e. The van der Waals surface area contributed by atoms with E-state index in [1.807, 2.05) is 30.3 Å². The second kappa shape index (κ2) is 7.59. The Morgan fingerprint density at radius 3 is 1.86 bits per heavy atom. The van der Waals surface area contributed by atoms with Gasteiger partial charge in [0.25, 0.3) is 0 Å². The van der Waals surface area contributed by atoms with E-state index in [-0.39, 0.29) is 70.2 Å². The van der Waals surface area contributed by atoms with Crippen molar-refractivity contribution in [2.45, 2.75) is 0 Å². The predicted octanol–water partition coefficient (Wildman–Crippen LogP) is -5.27. The summed E-state index contributed by atoms with van der Waals surface area (Å²) in [7, 11) is 0. The van der Waals surface area contributed by atoms with E-state index >= 15 is 0 Å². The molecule has 0 unspecified atom stereocenters. The van der Waals surface area contributed by atoms with Crippen molar-refractivity contribution < 1.29 is 78.9 Å². The SMILES string of the molecule is O=C([O-])c1ccc2cc3ccccc3cc2c1C(=O)[O-].[Na+].[Na+]. The van der Waals surface area contributed by atoms with Crippen molar-refractivity contribution in [1.82, 2.24) is 0 Å². The number of hydrogen-bond acceptors (Lipinski definition) is 4. The van der Waals surface area contributed by atoms with Crippen LogP contribution in [0.4, 0.5) is 0 Å². The number of carbonyl (C=O) groups is 2. The van der Waals surface area contributed by atoms with Gasteiger partial charge in [-0.2, -0.15) is 0 Å². The molecule has 22 heavy (non-hydrogen) atoms. The number of carboxylic acids is 2. The average molecular weight is 310 g/mol. The maximum atomic E-state index is 11.3. The second-order valence-corrected chi connectivity index (χ2v) is 4.48. The number of carbonyl (C=O) groups excluding carboxylic acids is 2. The van der Waals surface area contributed by atoms with Crippen molar-refractivity contribution in [3.8, 4) is 0 Å². The van der Waals surface area contributed by atoms with E-state index in [9.17, 15) is 19.8 Å². The van der Waals surface area contributed by atoms with Gasteiger partial charge < -0.3 is 19.8 Å². The largest absolute Gasteiger partial charge is 1.00 e. The fraction of sp³-hybridized carbons (Fsp3) is 0. The Morgan fingerprint density at radius 1 is 0.727 bits per heavy atom. The minimum absolute atomic E-state index is 0. The van der Waals surface area contributed by atoms with Crippen LogP contribution in [0.1, 0.15) is 20.7 Å². The van der Waals surface area contributed by atoms with Gasteiger partial charge in [-0.3, -0.25) is 0 Å². The van der Waals surface area contributed by atoms with Crippen molar-refractivity contribution >= 4 is 33.5 Å². The maximum absolute atomic E-state index is 11.3. The Labute approximate surface area is 170 Å². The third-order valence-electron chi connectivity index (χ3n) is 3.31. The monoisotopic (exact) mass is 310 g/mol. The zero-order valence-corrected chi connectivity index (χ0v) is 16.3. The molecule has 0 saturated carbocycles. The fourth-order valence-electron chi connectivity index (χ4n) is 2.40. The number of rotatable bonds is 2. The van der Waals surface area contributed by atoms with Gasteiger partial charge >= 0.3 is 59.1 Å². The summed E-state index contributed by atoms with van der Waals surface area (Å²) >= 11 is 0. The molecule has 0 spiro atoms. The summed E-state index contributed by atoms with van der Waals surface area (Å²) in [6, 6.07) is 13.7. The first-order valence-corrected chi connectivity index (χ1v) is 5.96. The van der Waals surface area contributed by atoms with Gasteiger partial charge in [-0.05, 0) is 33.7 Å². The molecular formula is C16H8Na2O4. The van der Waals surface area contributed by atoms with Gasteiger partial charge in [-0.15, -0.1) is 0 Å². The average Bonchev–Trinajstić information content (AvgIpc) is 2.43. The van der Waals surface area contributed by atoms with Crippen LogP contribution in [-0.4, -0.2) is 11.9 Å². The van der Waals surface area contributed by atoms with E-state index in [0.717, 1.165) is 10.8 Å². The summed E-state index contributed by atoms with van der Waals surface area (Å²) in [6.07, 6.45) is 0. The van der Waals surface area contributed by atoms with Crippen LogP contribution in [0.5, 0.6) is 0 Å². The van der Waals surface area contributed by atoms with Gasteiger partial charge in [-0.1, -0.05) is 36.4 Å². The van der Waals surface area contributed by atoms with Gasteiger partial charge in [0, 0.05) is 11.1 Å². The molecule has 0 heterocycles. The second-order valence-electron chi connectivity index (χ2n) is 4.48. The van der Waals surface area contributed by atoms with Crippen LogP contribution < -0.4 is 69.3 Å². The molecule has 0 aliphatic carbocycles. The Morgan fingerprint density at radius 2 is 1.32 bits per heavy atom. The van der Waals surface area contributed by atoms with Gasteiger partial charge in [-0.25, -0.2) is 0 Å². The first-order valence-electron chi connectivity index (χ1n) is 5.96. The van der Waals surface area contributed by atoms with Gasteiger partial charge in [0.2, 0.25) is 0 Å². The van der Waals surface area contributed by atoms with Gasteiger partial charge in [0.15, 0.2) is 0 Å². The summed E-state index contributed by atoms with van der Waals surface area (Å²) < 4.78 is 0. The Balaban J connectivity index is 0.00000121. The van der Waals surface area contributed by atoms with Crippen molar-refractivity contribution in [3.63, 3.8) is 0 Å². The molecular weight excluding hydrogens is 302 g/mol. The summed E-state index contributed by atoms with van der Waals surface area (Å²) in [5.41, 5.74) is -0.707. The minimum atomic E-state index is -1.53. The molecule has 6 heteroatoms. The Hall–Kier alpha value is -0.880. The molecule has 0 aliphatic heterocycles. The molecule has 0 saturated heterocycles. The van der Waals surface area contributed by atoms with Crippen molar-refractivity contribution in [2.75, 3.05) is 0 Å². The number of benzene rings is 3. The summed E-state index contributed by atoms with van der Waals surface area (Å²) in [4.78, 5) is 22.3. The summed E-state index contributed by atoms with van der Waals surface area (Å²) in [5, 5.41) is 25.1. The first-order chi connectivity index (χ1) is 9.58. The molecule has 3 aromatic rings. The van der Waals surface area contributed by atoms with Crippen LogP contribution in [0.15, 0.2) is 48.5 Å². The molecule has 0 fully saturated rings. The molecule has 4 nitrogen and oxygen atoms in total. The third-order valence-corrected chi connectivity index (χ3v) is 3.31. The molecule has 0 radical (unpaired) electrons. The van der Waals surface area contributed by atoms with Crippen LogP contribution >= 0.6 is 0 Å². The zero-order valence-electron chi connectivity index (χ0n) is 12.3. The quantitative estimate of drug-likeness (QED) is 0.350. The zero-order chi connectivity index (χ0) is 14.3. The third kappa shape index (κ3) is 3.38. The molecule has 0 aromatic heterocycles. The van der Waals surface area contributed by atoms with Crippen LogP contribution in [0, 0.1) is 0 Å². The van der Waals surface area contributed by atoms with Crippen molar-refractivity contribution in [3.05, 3.63) is 59.7 Å². The first kappa shape index (κ1) is 19.2. The number of hydrogen-bond donors (Lipinski definition) is 0. The van der Waals surface area contributed by atoms with E-state index in [1.54, 1.807) is 12.1 Å². The number of carboxylic acid groups (broad SMARTS) is 2. The van der Waals surface area contributed by atoms with Crippen LogP contribution in [0.25, 0.3) is 21.5 Å². The fourth-order valence-corrected chi connectivity index (χ4v) is 2.40. The van der Waals surface area contributed by atoms with E-state index in [4.69, 9.17) is 0 Å². The van der Waals surface area contributed by atoms with Crippen molar-refractivity contribution in [1.29, 1.82) is 0 Å². The summed E-state index contributed by atoms with van der Waals surface area (Å²) in [5.74, 6) is -3.05. The number of aromatic carboxylic acids is 2. The molecule has 0 atom stereocenters. The van der Waals surface area contributed by atoms with Gasteiger partial charge in [0.05, 0.1) is 11.9 Å². The molecule has 0 N–H and O–H groups in total. The molecule has 3 aromatic carbocycles. The van der Waals surface area contributed by atoms with Crippen LogP contribution in [-0.2, 0) is 0 Å². The van der Waals surface area contributed by atoms with Gasteiger partial charge in [0.1, 0.15) is 0 Å². The summed E-state index contributed by atoms with van der Waals surface area (Å²) in [6.45, 7) is 0. The molecule has 3 rings (SSSR count). The van der Waals surface area contributed by atoms with E-state index in [0.29, 0.717) is 10.8 Å². The molecule has 0 bridgehead atoms. The number of fused-ring (bicyclic) bond motifs is 2. The van der Waals surface area contributed by atoms with E-state index < -0.39 is 11.9 Å². The van der Waals surface area contributed by atoms with E-state index in [1.165, 1.54) is 6.07 Å². The van der Waals surface area contributed by atoms with Crippen molar-refractivity contribution in [2.24, 2.45) is 0 Å². The maximum Gasteiger partial charge on any atom is 1.00 e. The molecule has 0 aliphatic rings. The molecule has 98 valence electrons. The Kier molecular flexibility index (Phi) is 6.62. The smallest absolute Gasteiger partial charge is 0.545 e. The van der Waals surface area contributed by atoms with E-state index in [2.05, 4.69) is 0 Å². The Bertz CT molecular complexity index is 875. The topological polar surface area (TPSA) is 80.3 Å². The van der Waals surface area contributed by atoms with Crippen LogP contribution in [0.2, 0.25) is 0 Å². The van der Waals surface area contributed by atoms with Crippen LogP contribution in [0.3, 0.4) is 0 Å².